The first kappa shape index (κ1) is 20.8. The molecule has 3 aromatic rings. The van der Waals surface area contributed by atoms with Crippen molar-refractivity contribution < 1.29 is 13.9 Å². The van der Waals surface area contributed by atoms with Crippen LogP contribution in [0.15, 0.2) is 52.2 Å². The molecule has 0 unspecified atom stereocenters. The first-order valence-corrected chi connectivity index (χ1v) is 10.7. The third kappa shape index (κ3) is 6.04. The summed E-state index contributed by atoms with van der Waals surface area (Å²) in [4.78, 5) is 4.76. The van der Waals surface area contributed by atoms with Crippen molar-refractivity contribution in [1.29, 1.82) is 0 Å². The first-order chi connectivity index (χ1) is 15.3. The molecular formula is C23H29N5O3. The molecule has 0 atom stereocenters. The molecule has 2 aromatic heterocycles. The fourth-order valence-corrected chi connectivity index (χ4v) is 3.36. The van der Waals surface area contributed by atoms with Crippen LogP contribution in [0, 0.1) is 6.92 Å². The number of nitrogens with zero attached hydrogens (tertiary/aromatic N) is 2. The van der Waals surface area contributed by atoms with Crippen LogP contribution in [-0.4, -0.2) is 42.5 Å². The third-order valence-corrected chi connectivity index (χ3v) is 5.06. The second-order valence-electron chi connectivity index (χ2n) is 7.45. The fourth-order valence-electron chi connectivity index (χ4n) is 3.36. The smallest absolute Gasteiger partial charge is 0.195 e. The maximum absolute atomic E-state index is 5.81. The summed E-state index contributed by atoms with van der Waals surface area (Å²) in [5.74, 6) is 3.21. The minimum absolute atomic E-state index is 0.659. The summed E-state index contributed by atoms with van der Waals surface area (Å²) in [5, 5.41) is 13.8. The van der Waals surface area contributed by atoms with Crippen LogP contribution in [0.4, 0.5) is 5.69 Å². The summed E-state index contributed by atoms with van der Waals surface area (Å²) in [5.41, 5.74) is 3.25. The molecule has 164 valence electrons. The first-order valence-electron chi connectivity index (χ1n) is 10.7. The average molecular weight is 424 g/mol. The Morgan fingerprint density at radius 3 is 2.87 bits per heavy atom. The van der Waals surface area contributed by atoms with Gasteiger partial charge in [0.1, 0.15) is 5.76 Å². The molecule has 0 spiro atoms. The van der Waals surface area contributed by atoms with E-state index in [0.717, 1.165) is 60.3 Å². The van der Waals surface area contributed by atoms with Gasteiger partial charge in [-0.15, -0.1) is 0 Å². The van der Waals surface area contributed by atoms with Crippen LogP contribution < -0.4 is 20.1 Å². The van der Waals surface area contributed by atoms with Gasteiger partial charge in [-0.05, 0) is 49.6 Å². The molecule has 8 nitrogen and oxygen atoms in total. The molecule has 3 heterocycles. The van der Waals surface area contributed by atoms with E-state index >= 15 is 0 Å². The molecule has 0 aliphatic carbocycles. The van der Waals surface area contributed by atoms with Crippen molar-refractivity contribution in [2.24, 2.45) is 4.99 Å². The topological polar surface area (TPSA) is 96.7 Å². The van der Waals surface area contributed by atoms with E-state index in [2.05, 4.69) is 20.8 Å². The number of furan rings is 1. The Kier molecular flexibility index (Phi) is 7.10. The normalized spacial score (nSPS) is 13.6. The van der Waals surface area contributed by atoms with Crippen molar-refractivity contribution in [3.63, 3.8) is 0 Å². The molecule has 1 aliphatic heterocycles. The SMILES string of the molecule is Cc1[nH]ncc1CCCN=C(NCCc1ccco1)Nc1ccc2c(c1)OCCCO2. The Balaban J connectivity index is 1.38. The molecular weight excluding hydrogens is 394 g/mol. The minimum Gasteiger partial charge on any atom is -0.490 e. The Morgan fingerprint density at radius 2 is 2.06 bits per heavy atom. The molecule has 1 aliphatic rings. The Bertz CT molecular complexity index is 981. The van der Waals surface area contributed by atoms with E-state index in [1.54, 1.807) is 6.26 Å². The van der Waals surface area contributed by atoms with Gasteiger partial charge in [-0.3, -0.25) is 10.1 Å². The second-order valence-corrected chi connectivity index (χ2v) is 7.45. The highest BCUT2D eigenvalue weighted by molar-refractivity contribution is 5.94. The van der Waals surface area contributed by atoms with Crippen LogP contribution in [0.1, 0.15) is 29.9 Å². The van der Waals surface area contributed by atoms with E-state index in [4.69, 9.17) is 18.9 Å². The van der Waals surface area contributed by atoms with Gasteiger partial charge in [-0.25, -0.2) is 0 Å². The van der Waals surface area contributed by atoms with Gasteiger partial charge in [0.25, 0.3) is 0 Å². The Labute approximate surface area is 182 Å². The van der Waals surface area contributed by atoms with Crippen molar-refractivity contribution in [2.45, 2.75) is 32.6 Å². The zero-order valence-corrected chi connectivity index (χ0v) is 17.8. The lowest BCUT2D eigenvalue weighted by Gasteiger charge is -2.14. The van der Waals surface area contributed by atoms with E-state index in [9.17, 15) is 0 Å². The largest absolute Gasteiger partial charge is 0.490 e. The summed E-state index contributed by atoms with van der Waals surface area (Å²) in [6, 6.07) is 9.75. The van der Waals surface area contributed by atoms with Crippen molar-refractivity contribution in [1.82, 2.24) is 15.5 Å². The number of aromatic nitrogens is 2. The summed E-state index contributed by atoms with van der Waals surface area (Å²) >= 11 is 0. The molecule has 0 bridgehead atoms. The van der Waals surface area contributed by atoms with Gasteiger partial charge in [-0.2, -0.15) is 5.10 Å². The van der Waals surface area contributed by atoms with Crippen LogP contribution >= 0.6 is 0 Å². The number of aliphatic imine (C=N–C) groups is 1. The van der Waals surface area contributed by atoms with Crippen LogP contribution in [0.5, 0.6) is 11.5 Å². The molecule has 0 saturated heterocycles. The van der Waals surface area contributed by atoms with Crippen LogP contribution in [0.2, 0.25) is 0 Å². The number of anilines is 1. The third-order valence-electron chi connectivity index (χ3n) is 5.06. The zero-order valence-electron chi connectivity index (χ0n) is 17.8. The molecule has 3 N–H and O–H groups in total. The standard InChI is InChI=1S/C23H29N5O3/c1-17-18(16-26-28-17)5-2-10-24-23(25-11-9-20-6-3-12-29-20)27-19-7-8-21-22(15-19)31-14-4-13-30-21/h3,6-8,12,15-16H,2,4-5,9-11,13-14H2,1H3,(H,26,28)(H2,24,25,27). The quantitative estimate of drug-likeness (QED) is 0.290. The number of H-pyrrole nitrogens is 1. The molecule has 0 radical (unpaired) electrons. The lowest BCUT2D eigenvalue weighted by molar-refractivity contribution is 0.297. The number of guanidine groups is 1. The molecule has 0 fully saturated rings. The number of nitrogens with one attached hydrogen (secondary N) is 3. The van der Waals surface area contributed by atoms with Crippen LogP contribution in [0.3, 0.4) is 0 Å². The highest BCUT2D eigenvalue weighted by Gasteiger charge is 2.11. The number of benzene rings is 1. The number of aromatic amines is 1. The average Bonchev–Trinajstić information content (AvgIpc) is 3.37. The number of hydrogen-bond acceptors (Lipinski definition) is 5. The van der Waals surface area contributed by atoms with E-state index in [1.165, 1.54) is 5.56 Å². The minimum atomic E-state index is 0.659. The summed E-state index contributed by atoms with van der Waals surface area (Å²) in [6.07, 6.45) is 7.12. The number of fused-ring (bicyclic) bond motifs is 1. The van der Waals surface area contributed by atoms with E-state index in [1.807, 2.05) is 43.5 Å². The number of hydrogen-bond donors (Lipinski definition) is 3. The number of rotatable bonds is 8. The molecule has 4 rings (SSSR count). The maximum atomic E-state index is 5.81. The monoisotopic (exact) mass is 423 g/mol. The van der Waals surface area contributed by atoms with Gasteiger partial charge < -0.3 is 24.5 Å². The van der Waals surface area contributed by atoms with Gasteiger partial charge in [0.05, 0.1) is 25.7 Å². The Hall–Kier alpha value is -3.42. The van der Waals surface area contributed by atoms with Gasteiger partial charge in [0.2, 0.25) is 0 Å². The highest BCUT2D eigenvalue weighted by atomic mass is 16.5. The van der Waals surface area contributed by atoms with Crippen molar-refractivity contribution in [2.75, 3.05) is 31.6 Å². The number of ether oxygens (including phenoxy) is 2. The van der Waals surface area contributed by atoms with E-state index in [-0.39, 0.29) is 0 Å². The zero-order chi connectivity index (χ0) is 21.3. The molecule has 0 saturated carbocycles. The predicted octanol–water partition coefficient (Wildman–Crippen LogP) is 3.71. The molecule has 8 heteroatoms. The summed E-state index contributed by atoms with van der Waals surface area (Å²) < 4.78 is 16.9. The van der Waals surface area contributed by atoms with Gasteiger partial charge in [0.15, 0.2) is 17.5 Å². The van der Waals surface area contributed by atoms with Gasteiger partial charge >= 0.3 is 0 Å². The fraction of sp³-hybridized carbons (Fsp3) is 0.391. The predicted molar refractivity (Wildman–Crippen MR) is 120 cm³/mol. The van der Waals surface area contributed by atoms with Crippen molar-refractivity contribution in [3.8, 4) is 11.5 Å². The van der Waals surface area contributed by atoms with Crippen molar-refractivity contribution in [3.05, 3.63) is 59.8 Å². The maximum Gasteiger partial charge on any atom is 0.195 e. The van der Waals surface area contributed by atoms with Gasteiger partial charge in [0, 0.05) is 43.4 Å². The second kappa shape index (κ2) is 10.6. The lowest BCUT2D eigenvalue weighted by Crippen LogP contribution is -2.32. The summed E-state index contributed by atoms with van der Waals surface area (Å²) in [6.45, 7) is 4.79. The summed E-state index contributed by atoms with van der Waals surface area (Å²) in [7, 11) is 0. The lowest BCUT2D eigenvalue weighted by atomic mass is 10.1. The molecule has 31 heavy (non-hydrogen) atoms. The van der Waals surface area contributed by atoms with Crippen LogP contribution in [-0.2, 0) is 12.8 Å². The van der Waals surface area contributed by atoms with Crippen molar-refractivity contribution >= 4 is 11.6 Å². The molecule has 0 amide bonds. The van der Waals surface area contributed by atoms with Crippen LogP contribution in [0.25, 0.3) is 0 Å². The Morgan fingerprint density at radius 1 is 1.16 bits per heavy atom. The highest BCUT2D eigenvalue weighted by Crippen LogP contribution is 2.32. The van der Waals surface area contributed by atoms with E-state index in [0.29, 0.717) is 26.3 Å². The number of aryl methyl sites for hydroxylation is 2. The van der Waals surface area contributed by atoms with E-state index < -0.39 is 0 Å². The van der Waals surface area contributed by atoms with Gasteiger partial charge in [-0.1, -0.05) is 0 Å². The molecule has 1 aromatic carbocycles.